The molecular formula is C22H32FN3O10. The maximum atomic E-state index is 14.5. The number of piperazine rings is 1. The zero-order chi connectivity index (χ0) is 27.2. The van der Waals surface area contributed by atoms with Crippen molar-refractivity contribution in [3.8, 4) is 0 Å². The Hall–Kier alpha value is -2.88. The monoisotopic (exact) mass is 517 g/mol. The average Bonchev–Trinajstić information content (AvgIpc) is 2.87. The molecule has 14 heteroatoms. The molecule has 0 saturated carbocycles. The van der Waals surface area contributed by atoms with Gasteiger partial charge in [-0.1, -0.05) is 0 Å². The fourth-order valence-electron chi connectivity index (χ4n) is 3.91. The molecule has 1 aromatic carbocycles. The van der Waals surface area contributed by atoms with Crippen LogP contribution in [0.2, 0.25) is 0 Å². The molecule has 13 nitrogen and oxygen atoms in total. The molecule has 0 bridgehead atoms. The van der Waals surface area contributed by atoms with E-state index >= 15 is 0 Å². The summed E-state index contributed by atoms with van der Waals surface area (Å²) in [5.41, 5.74) is 1.28. The van der Waals surface area contributed by atoms with Crippen molar-refractivity contribution in [3.63, 3.8) is 0 Å². The lowest BCUT2D eigenvalue weighted by Crippen LogP contribution is -2.48. The standard InChI is InChI=1S/C16H20FN3O3.C6H12O7/c1-2-19-9-11(16(22)23)15(21)10-7-12(17)14(8-13(10)19)20-5-3-18-4-6-20;7-1-2(8)3(9)4(10)5(11)6(12)13/h7-8,11,18H,2-6,9H2,1H3,(H,22,23);2-5,7-11H,1H2,(H,12,13)/t;2-,3-,4+,5-/m.1/s1. The van der Waals surface area contributed by atoms with Gasteiger partial charge in [-0.2, -0.15) is 0 Å². The van der Waals surface area contributed by atoms with E-state index in [-0.39, 0.29) is 12.1 Å². The van der Waals surface area contributed by atoms with Crippen molar-refractivity contribution >= 4 is 29.1 Å². The lowest BCUT2D eigenvalue weighted by Gasteiger charge is -2.35. The summed E-state index contributed by atoms with van der Waals surface area (Å²) in [5, 5.41) is 64.3. The van der Waals surface area contributed by atoms with Crippen LogP contribution in [0.3, 0.4) is 0 Å². The molecule has 2 aliphatic heterocycles. The van der Waals surface area contributed by atoms with Crippen LogP contribution in [-0.4, -0.2) is 124 Å². The minimum Gasteiger partial charge on any atom is -0.481 e. The number of aliphatic carboxylic acids is 2. The largest absolute Gasteiger partial charge is 0.481 e. The minimum atomic E-state index is -2.20. The number of anilines is 2. The number of benzene rings is 1. The molecule has 36 heavy (non-hydrogen) atoms. The Morgan fingerprint density at radius 2 is 1.69 bits per heavy atom. The molecule has 0 amide bonds. The first kappa shape index (κ1) is 29.4. The highest BCUT2D eigenvalue weighted by molar-refractivity contribution is 6.13. The van der Waals surface area contributed by atoms with E-state index in [1.807, 2.05) is 16.7 Å². The Balaban J connectivity index is 0.000000302. The van der Waals surface area contributed by atoms with Crippen molar-refractivity contribution in [1.29, 1.82) is 0 Å². The first-order valence-corrected chi connectivity index (χ1v) is 11.3. The number of carboxylic acid groups (broad SMARTS) is 2. The van der Waals surface area contributed by atoms with Crippen molar-refractivity contribution < 1.29 is 54.5 Å². The molecule has 0 aliphatic carbocycles. The number of hydrogen-bond donors (Lipinski definition) is 8. The third kappa shape index (κ3) is 6.66. The predicted octanol–water partition coefficient (Wildman–Crippen LogP) is -2.53. The summed E-state index contributed by atoms with van der Waals surface area (Å²) in [5.74, 6) is -5.00. The molecule has 3 rings (SSSR count). The zero-order valence-electron chi connectivity index (χ0n) is 19.6. The molecule has 1 saturated heterocycles. The first-order chi connectivity index (χ1) is 16.9. The summed E-state index contributed by atoms with van der Waals surface area (Å²) in [6.45, 7) is 4.72. The predicted molar refractivity (Wildman–Crippen MR) is 124 cm³/mol. The van der Waals surface area contributed by atoms with Gasteiger partial charge in [-0.3, -0.25) is 9.59 Å². The number of Topliss-reactive ketones (excluding diaryl/α,β-unsaturated/α-hetero) is 1. The van der Waals surface area contributed by atoms with Gasteiger partial charge in [-0.15, -0.1) is 0 Å². The Kier molecular flexibility index (Phi) is 10.5. The highest BCUT2D eigenvalue weighted by Crippen LogP contribution is 2.35. The van der Waals surface area contributed by atoms with Crippen molar-refractivity contribution in [2.45, 2.75) is 31.3 Å². The number of carboxylic acids is 2. The SMILES string of the molecule is CCN1CC(C(=O)O)C(=O)c2cc(F)c(N3CCNCC3)cc21.O=C(O)[C@H](O)[C@@H](O)[C@H](O)[C@H](O)CO. The molecule has 0 aromatic heterocycles. The van der Waals surface area contributed by atoms with E-state index in [1.165, 1.54) is 6.07 Å². The highest BCUT2D eigenvalue weighted by Gasteiger charge is 2.37. The number of hydrogen-bond acceptors (Lipinski definition) is 11. The molecule has 2 heterocycles. The maximum absolute atomic E-state index is 14.5. The van der Waals surface area contributed by atoms with E-state index in [4.69, 9.17) is 30.6 Å². The zero-order valence-corrected chi connectivity index (χ0v) is 19.6. The molecule has 1 unspecified atom stereocenters. The Morgan fingerprint density at radius 1 is 1.08 bits per heavy atom. The topological polar surface area (TPSA) is 211 Å². The molecule has 0 radical (unpaired) electrons. The Morgan fingerprint density at radius 3 is 2.19 bits per heavy atom. The number of aliphatic hydroxyl groups is 5. The smallest absolute Gasteiger partial charge is 0.335 e. The number of ketones is 1. The van der Waals surface area contributed by atoms with E-state index in [1.54, 1.807) is 6.07 Å². The van der Waals surface area contributed by atoms with Crippen LogP contribution < -0.4 is 15.1 Å². The van der Waals surface area contributed by atoms with E-state index in [0.29, 0.717) is 31.0 Å². The number of fused-ring (bicyclic) bond motifs is 1. The number of carbonyl (C=O) groups excluding carboxylic acids is 1. The molecule has 202 valence electrons. The van der Waals surface area contributed by atoms with Gasteiger partial charge in [0.15, 0.2) is 11.9 Å². The number of carbonyl (C=O) groups is 3. The summed E-state index contributed by atoms with van der Waals surface area (Å²) < 4.78 is 14.5. The van der Waals surface area contributed by atoms with Gasteiger partial charge >= 0.3 is 11.9 Å². The Labute approximate surface area is 206 Å². The van der Waals surface area contributed by atoms with Gasteiger partial charge in [0, 0.05) is 50.5 Å². The van der Waals surface area contributed by atoms with Crippen molar-refractivity contribution in [1.82, 2.24) is 5.32 Å². The highest BCUT2D eigenvalue weighted by atomic mass is 19.1. The summed E-state index contributed by atoms with van der Waals surface area (Å²) in [6.07, 6.45) is -7.84. The van der Waals surface area contributed by atoms with Gasteiger partial charge in [-0.05, 0) is 19.1 Å². The van der Waals surface area contributed by atoms with Crippen LogP contribution in [0.25, 0.3) is 0 Å². The third-order valence-corrected chi connectivity index (χ3v) is 6.04. The number of nitrogens with one attached hydrogen (secondary N) is 1. The average molecular weight is 518 g/mol. The van der Waals surface area contributed by atoms with E-state index in [9.17, 15) is 23.9 Å². The summed E-state index contributed by atoms with van der Waals surface area (Å²) in [4.78, 5) is 37.5. The van der Waals surface area contributed by atoms with Crippen LogP contribution in [0, 0.1) is 11.7 Å². The van der Waals surface area contributed by atoms with Crippen molar-refractivity contribution in [2.24, 2.45) is 5.92 Å². The van der Waals surface area contributed by atoms with Crippen LogP contribution in [-0.2, 0) is 9.59 Å². The van der Waals surface area contributed by atoms with Crippen LogP contribution in [0.1, 0.15) is 17.3 Å². The van der Waals surface area contributed by atoms with Gasteiger partial charge in [0.05, 0.1) is 12.3 Å². The van der Waals surface area contributed by atoms with Crippen LogP contribution in [0.4, 0.5) is 15.8 Å². The van der Waals surface area contributed by atoms with Gasteiger partial charge in [0.1, 0.15) is 30.0 Å². The molecule has 0 spiro atoms. The molecule has 1 aromatic rings. The molecule has 2 aliphatic rings. The molecule has 1 fully saturated rings. The second-order valence-corrected chi connectivity index (χ2v) is 8.37. The van der Waals surface area contributed by atoms with Crippen molar-refractivity contribution in [3.05, 3.63) is 23.5 Å². The van der Waals surface area contributed by atoms with Gasteiger partial charge in [-0.25, -0.2) is 9.18 Å². The second-order valence-electron chi connectivity index (χ2n) is 8.37. The van der Waals surface area contributed by atoms with Gasteiger partial charge in [0.2, 0.25) is 0 Å². The number of rotatable bonds is 8. The summed E-state index contributed by atoms with van der Waals surface area (Å²) in [6, 6.07) is 2.89. The van der Waals surface area contributed by atoms with E-state index in [2.05, 4.69) is 5.32 Å². The number of halogens is 1. The van der Waals surface area contributed by atoms with Crippen LogP contribution >= 0.6 is 0 Å². The lowest BCUT2D eigenvalue weighted by atomic mass is 9.90. The molecule has 5 atom stereocenters. The van der Waals surface area contributed by atoms with Crippen LogP contribution in [0.15, 0.2) is 12.1 Å². The van der Waals surface area contributed by atoms with Gasteiger partial charge in [0.25, 0.3) is 0 Å². The molecular weight excluding hydrogens is 485 g/mol. The third-order valence-electron chi connectivity index (χ3n) is 6.04. The minimum absolute atomic E-state index is 0.129. The first-order valence-electron chi connectivity index (χ1n) is 11.3. The fourth-order valence-corrected chi connectivity index (χ4v) is 3.91. The quantitative estimate of drug-likeness (QED) is 0.167. The maximum Gasteiger partial charge on any atom is 0.335 e. The lowest BCUT2D eigenvalue weighted by molar-refractivity contribution is -0.164. The van der Waals surface area contributed by atoms with E-state index < -0.39 is 60.5 Å². The normalized spacial score (nSPS) is 21.0. The van der Waals surface area contributed by atoms with Crippen molar-refractivity contribution in [2.75, 3.05) is 55.7 Å². The summed E-state index contributed by atoms with van der Waals surface area (Å²) >= 11 is 0. The summed E-state index contributed by atoms with van der Waals surface area (Å²) in [7, 11) is 0. The number of nitrogens with zero attached hydrogens (tertiary/aromatic N) is 2. The fraction of sp³-hybridized carbons (Fsp3) is 0.591. The second kappa shape index (κ2) is 12.9. The van der Waals surface area contributed by atoms with E-state index in [0.717, 1.165) is 13.1 Å². The molecule has 8 N–H and O–H groups in total. The Bertz CT molecular complexity index is 943. The number of aliphatic hydroxyl groups excluding tert-OH is 5. The van der Waals surface area contributed by atoms with Gasteiger partial charge < -0.3 is 50.9 Å². The van der Waals surface area contributed by atoms with Crippen LogP contribution in [0.5, 0.6) is 0 Å².